The Morgan fingerprint density at radius 2 is 1.95 bits per heavy atom. The van der Waals surface area contributed by atoms with Gasteiger partial charge in [-0.2, -0.15) is 0 Å². The van der Waals surface area contributed by atoms with Crippen molar-refractivity contribution in [3.63, 3.8) is 0 Å². The van der Waals surface area contributed by atoms with Crippen LogP contribution in [-0.2, 0) is 11.3 Å². The van der Waals surface area contributed by atoms with Crippen molar-refractivity contribution in [3.8, 4) is 11.5 Å². The van der Waals surface area contributed by atoms with Crippen molar-refractivity contribution in [1.82, 2.24) is 4.57 Å². The van der Waals surface area contributed by atoms with E-state index in [-0.39, 0.29) is 6.54 Å². The van der Waals surface area contributed by atoms with Gasteiger partial charge in [-0.25, -0.2) is 0 Å². The highest BCUT2D eigenvalue weighted by Crippen LogP contribution is 2.34. The van der Waals surface area contributed by atoms with Gasteiger partial charge in [0.1, 0.15) is 6.54 Å². The van der Waals surface area contributed by atoms with E-state index in [1.54, 1.807) is 12.1 Å². The molecule has 1 heterocycles. The zero-order chi connectivity index (χ0) is 14.0. The summed E-state index contributed by atoms with van der Waals surface area (Å²) in [4.78, 5) is 21.9. The van der Waals surface area contributed by atoms with Gasteiger partial charge in [0.2, 0.25) is 0 Å². The number of hydrogen-bond donors (Lipinski definition) is 1. The number of fused-ring (bicyclic) bond motifs is 1. The first-order valence-corrected chi connectivity index (χ1v) is 5.52. The Kier molecular flexibility index (Phi) is 3.41. The van der Waals surface area contributed by atoms with E-state index in [0.29, 0.717) is 34.3 Å². The summed E-state index contributed by atoms with van der Waals surface area (Å²) in [6, 6.07) is 3.32. The van der Waals surface area contributed by atoms with Crippen LogP contribution >= 0.6 is 0 Å². The number of carbonyl (C=O) groups excluding carboxylic acids is 1. The molecule has 0 amide bonds. The molecule has 0 aliphatic heterocycles. The summed E-state index contributed by atoms with van der Waals surface area (Å²) < 4.78 is 11.8. The van der Waals surface area contributed by atoms with E-state index in [1.807, 2.05) is 0 Å². The zero-order valence-corrected chi connectivity index (χ0v) is 10.5. The highest BCUT2D eigenvalue weighted by molar-refractivity contribution is 5.99. The SMILES string of the molecule is COc1cc2c(C=O)cn(CC(=O)O)c2cc1OC. The molecule has 0 saturated heterocycles. The van der Waals surface area contributed by atoms with E-state index in [9.17, 15) is 9.59 Å². The fourth-order valence-corrected chi connectivity index (χ4v) is 2.01. The summed E-state index contributed by atoms with van der Waals surface area (Å²) in [7, 11) is 2.99. The van der Waals surface area contributed by atoms with Gasteiger partial charge in [0.15, 0.2) is 17.8 Å². The van der Waals surface area contributed by atoms with E-state index >= 15 is 0 Å². The molecule has 0 spiro atoms. The lowest BCUT2D eigenvalue weighted by atomic mass is 10.1. The predicted molar refractivity (Wildman–Crippen MR) is 68.1 cm³/mol. The first-order chi connectivity index (χ1) is 9.10. The quantitative estimate of drug-likeness (QED) is 0.828. The summed E-state index contributed by atoms with van der Waals surface area (Å²) in [6.07, 6.45) is 2.19. The number of ether oxygens (including phenoxy) is 2. The van der Waals surface area contributed by atoms with Gasteiger partial charge in [-0.3, -0.25) is 9.59 Å². The number of carboxylic acids is 1. The van der Waals surface area contributed by atoms with Gasteiger partial charge >= 0.3 is 5.97 Å². The van der Waals surface area contributed by atoms with Crippen molar-refractivity contribution >= 4 is 23.2 Å². The standard InChI is InChI=1S/C13H13NO5/c1-18-11-3-9-8(7-15)5-14(6-13(16)17)10(9)4-12(11)19-2/h3-5,7H,6H2,1-2H3,(H,16,17). The number of carboxylic acid groups (broad SMARTS) is 1. The van der Waals surface area contributed by atoms with Crippen LogP contribution in [0.1, 0.15) is 10.4 Å². The van der Waals surface area contributed by atoms with Crippen molar-refractivity contribution in [2.45, 2.75) is 6.54 Å². The molecule has 0 aliphatic rings. The molecule has 2 aromatic rings. The van der Waals surface area contributed by atoms with Gasteiger partial charge in [0, 0.05) is 23.2 Å². The maximum Gasteiger partial charge on any atom is 0.323 e. The van der Waals surface area contributed by atoms with Crippen LogP contribution in [0.4, 0.5) is 0 Å². The smallest absolute Gasteiger partial charge is 0.323 e. The normalized spacial score (nSPS) is 10.4. The third kappa shape index (κ3) is 2.24. The second kappa shape index (κ2) is 5.01. The molecule has 0 bridgehead atoms. The molecule has 1 aromatic carbocycles. The second-order valence-electron chi connectivity index (χ2n) is 3.95. The predicted octanol–water partition coefficient (Wildman–Crippen LogP) is 1.56. The monoisotopic (exact) mass is 263 g/mol. The number of carbonyl (C=O) groups is 2. The summed E-state index contributed by atoms with van der Waals surface area (Å²) in [6.45, 7) is -0.222. The van der Waals surface area contributed by atoms with Crippen LogP contribution in [0.5, 0.6) is 11.5 Å². The molecule has 2 rings (SSSR count). The number of hydrogen-bond acceptors (Lipinski definition) is 4. The van der Waals surface area contributed by atoms with Crippen LogP contribution in [0.3, 0.4) is 0 Å². The summed E-state index contributed by atoms with van der Waals surface area (Å²) in [5.41, 5.74) is 1.03. The molecule has 0 atom stereocenters. The van der Waals surface area contributed by atoms with Crippen molar-refractivity contribution in [2.24, 2.45) is 0 Å². The molecule has 0 radical (unpaired) electrons. The Labute approximate surface area is 109 Å². The van der Waals surface area contributed by atoms with E-state index in [4.69, 9.17) is 14.6 Å². The highest BCUT2D eigenvalue weighted by atomic mass is 16.5. The second-order valence-corrected chi connectivity index (χ2v) is 3.95. The van der Waals surface area contributed by atoms with E-state index < -0.39 is 5.97 Å². The van der Waals surface area contributed by atoms with Crippen LogP contribution in [0, 0.1) is 0 Å². The first kappa shape index (κ1) is 12.9. The maximum atomic E-state index is 11.0. The third-order valence-electron chi connectivity index (χ3n) is 2.85. The van der Waals surface area contributed by atoms with Crippen LogP contribution in [0.15, 0.2) is 18.3 Å². The molecule has 6 heteroatoms. The molecule has 0 saturated carbocycles. The molecule has 0 aliphatic carbocycles. The van der Waals surface area contributed by atoms with Gasteiger partial charge in [-0.15, -0.1) is 0 Å². The minimum atomic E-state index is -0.982. The average Bonchev–Trinajstić information content (AvgIpc) is 2.73. The van der Waals surface area contributed by atoms with E-state index in [0.717, 1.165) is 0 Å². The van der Waals surface area contributed by atoms with Crippen LogP contribution in [-0.4, -0.2) is 36.1 Å². The number of nitrogens with zero attached hydrogens (tertiary/aromatic N) is 1. The fraction of sp³-hybridized carbons (Fsp3) is 0.231. The summed E-state index contributed by atoms with van der Waals surface area (Å²) in [5.74, 6) is -0.00695. The van der Waals surface area contributed by atoms with Crippen LogP contribution < -0.4 is 9.47 Å². The highest BCUT2D eigenvalue weighted by Gasteiger charge is 2.14. The van der Waals surface area contributed by atoms with E-state index in [1.165, 1.54) is 25.0 Å². The molecule has 6 nitrogen and oxygen atoms in total. The molecular weight excluding hydrogens is 250 g/mol. The van der Waals surface area contributed by atoms with Crippen molar-refractivity contribution in [3.05, 3.63) is 23.9 Å². The zero-order valence-electron chi connectivity index (χ0n) is 10.5. The number of benzene rings is 1. The number of aromatic nitrogens is 1. The number of rotatable bonds is 5. The van der Waals surface area contributed by atoms with Gasteiger partial charge < -0.3 is 19.1 Å². The lowest BCUT2D eigenvalue weighted by Gasteiger charge is -2.09. The van der Waals surface area contributed by atoms with Crippen molar-refractivity contribution in [1.29, 1.82) is 0 Å². The first-order valence-electron chi connectivity index (χ1n) is 5.52. The minimum Gasteiger partial charge on any atom is -0.493 e. The molecular formula is C13H13NO5. The van der Waals surface area contributed by atoms with Gasteiger partial charge in [-0.05, 0) is 6.07 Å². The molecule has 1 N–H and O–H groups in total. The Morgan fingerprint density at radius 3 is 2.47 bits per heavy atom. The molecule has 19 heavy (non-hydrogen) atoms. The minimum absolute atomic E-state index is 0.222. The molecule has 1 aromatic heterocycles. The molecule has 0 unspecified atom stereocenters. The van der Waals surface area contributed by atoms with Crippen LogP contribution in [0.2, 0.25) is 0 Å². The number of aliphatic carboxylic acids is 1. The largest absolute Gasteiger partial charge is 0.493 e. The fourth-order valence-electron chi connectivity index (χ4n) is 2.01. The molecule has 0 fully saturated rings. The maximum absolute atomic E-state index is 11.0. The third-order valence-corrected chi connectivity index (χ3v) is 2.85. The van der Waals surface area contributed by atoms with Crippen molar-refractivity contribution < 1.29 is 24.2 Å². The topological polar surface area (TPSA) is 77.8 Å². The average molecular weight is 263 g/mol. The lowest BCUT2D eigenvalue weighted by molar-refractivity contribution is -0.137. The van der Waals surface area contributed by atoms with Crippen LogP contribution in [0.25, 0.3) is 10.9 Å². The Morgan fingerprint density at radius 1 is 1.32 bits per heavy atom. The Hall–Kier alpha value is -2.50. The Balaban J connectivity index is 2.71. The summed E-state index contributed by atoms with van der Waals surface area (Å²) in [5, 5.41) is 9.50. The molecule has 100 valence electrons. The van der Waals surface area contributed by atoms with E-state index in [2.05, 4.69) is 0 Å². The van der Waals surface area contributed by atoms with Crippen molar-refractivity contribution in [2.75, 3.05) is 14.2 Å². The van der Waals surface area contributed by atoms with Gasteiger partial charge in [-0.1, -0.05) is 0 Å². The summed E-state index contributed by atoms with van der Waals surface area (Å²) >= 11 is 0. The number of aldehydes is 1. The lowest BCUT2D eigenvalue weighted by Crippen LogP contribution is -2.07. The van der Waals surface area contributed by atoms with Gasteiger partial charge in [0.05, 0.1) is 19.7 Å². The number of methoxy groups -OCH3 is 2. The Bertz CT molecular complexity index is 644. The van der Waals surface area contributed by atoms with Gasteiger partial charge in [0.25, 0.3) is 0 Å².